The van der Waals surface area contributed by atoms with E-state index in [-0.39, 0.29) is 42.5 Å². The Kier molecular flexibility index (Phi) is 12.2. The van der Waals surface area contributed by atoms with Crippen LogP contribution in [0.25, 0.3) is 0 Å². The van der Waals surface area contributed by atoms with Gasteiger partial charge in [0.25, 0.3) is 0 Å². The van der Waals surface area contributed by atoms with Crippen molar-refractivity contribution in [2.75, 3.05) is 19.8 Å². The second-order valence-electron chi connectivity index (χ2n) is 11.5. The molecule has 2 bridgehead atoms. The summed E-state index contributed by atoms with van der Waals surface area (Å²) in [4.78, 5) is 34.1. The fraction of sp³-hybridized carbons (Fsp3) is 0.733. The minimum atomic E-state index is -0.525. The van der Waals surface area contributed by atoms with Crippen molar-refractivity contribution in [3.8, 4) is 0 Å². The molecule has 6 nitrogen and oxygen atoms in total. The lowest BCUT2D eigenvalue weighted by Crippen LogP contribution is -2.61. The van der Waals surface area contributed by atoms with Crippen LogP contribution in [0, 0.1) is 0 Å². The molecular formula is C30H47Cl2FN4O2. The van der Waals surface area contributed by atoms with Crippen molar-refractivity contribution in [3.63, 3.8) is 0 Å². The molecule has 2 aliphatic heterocycles. The van der Waals surface area contributed by atoms with Crippen molar-refractivity contribution in [3.05, 3.63) is 34.9 Å². The number of fused-ring (bicyclic) bond motifs is 2. The Morgan fingerprint density at radius 2 is 1.59 bits per heavy atom. The zero-order valence-electron chi connectivity index (χ0n) is 23.8. The number of halogens is 3. The average molecular weight is 586 g/mol. The van der Waals surface area contributed by atoms with Crippen LogP contribution in [-0.4, -0.2) is 82.7 Å². The second-order valence-corrected chi connectivity index (χ2v) is 12.0. The van der Waals surface area contributed by atoms with Crippen LogP contribution in [0.4, 0.5) is 9.18 Å². The third kappa shape index (κ3) is 7.59. The Bertz CT molecular complexity index is 912. The lowest BCUT2D eigenvalue weighted by Gasteiger charge is -2.48. The third-order valence-electron chi connectivity index (χ3n) is 8.95. The fourth-order valence-corrected chi connectivity index (χ4v) is 7.13. The summed E-state index contributed by atoms with van der Waals surface area (Å²) in [5.41, 5.74) is 1.00. The highest BCUT2D eigenvalue weighted by atomic mass is 35.5. The number of hydrogen-bond acceptors (Lipinski definition) is 3. The van der Waals surface area contributed by atoms with Crippen molar-refractivity contribution in [2.45, 2.75) is 121 Å². The Labute approximate surface area is 245 Å². The molecule has 220 valence electrons. The van der Waals surface area contributed by atoms with Crippen molar-refractivity contribution in [2.24, 2.45) is 0 Å². The lowest BCUT2D eigenvalue weighted by atomic mass is 9.89. The molecule has 39 heavy (non-hydrogen) atoms. The van der Waals surface area contributed by atoms with E-state index in [2.05, 4.69) is 29.0 Å². The van der Waals surface area contributed by atoms with Gasteiger partial charge in [-0.25, -0.2) is 9.18 Å². The number of rotatable bonds is 10. The highest BCUT2D eigenvalue weighted by Gasteiger charge is 2.48. The molecule has 1 N–H and O–H groups in total. The van der Waals surface area contributed by atoms with E-state index < -0.39 is 18.8 Å². The van der Waals surface area contributed by atoms with Gasteiger partial charge in [-0.1, -0.05) is 43.0 Å². The average Bonchev–Trinajstić information content (AvgIpc) is 3.19. The van der Waals surface area contributed by atoms with Gasteiger partial charge < -0.3 is 20.0 Å². The van der Waals surface area contributed by atoms with E-state index in [1.165, 1.54) is 19.3 Å². The van der Waals surface area contributed by atoms with Gasteiger partial charge in [-0.3, -0.25) is 4.79 Å². The highest BCUT2D eigenvalue weighted by molar-refractivity contribution is 6.30. The topological polar surface area (TPSA) is 55.9 Å². The maximum Gasteiger partial charge on any atom is 0.320 e. The summed E-state index contributed by atoms with van der Waals surface area (Å²) in [6.07, 6.45) is 9.87. The first-order valence-electron chi connectivity index (χ1n) is 14.8. The molecule has 1 aromatic rings. The van der Waals surface area contributed by atoms with Crippen molar-refractivity contribution in [1.82, 2.24) is 20.0 Å². The summed E-state index contributed by atoms with van der Waals surface area (Å²) >= 11 is 6.07. The van der Waals surface area contributed by atoms with E-state index in [1.807, 2.05) is 29.2 Å². The van der Waals surface area contributed by atoms with E-state index in [9.17, 15) is 14.0 Å². The number of urea groups is 1. The first-order valence-corrected chi connectivity index (χ1v) is 15.2. The third-order valence-corrected chi connectivity index (χ3v) is 9.20. The SMILES string of the molecule is CCN(CC)C(=O)N(C1CCCCC1)C1CC2CCC(C1)N2C(=O)[C@@H](Cc1ccc(Cl)cc1)NC(C)CF.Cl. The first kappa shape index (κ1) is 32.0. The maximum absolute atomic E-state index is 14.0. The maximum atomic E-state index is 14.0. The van der Waals surface area contributed by atoms with E-state index in [0.29, 0.717) is 30.6 Å². The number of alkyl halides is 1. The molecule has 3 amide bonds. The van der Waals surface area contributed by atoms with Crippen LogP contribution in [0.3, 0.4) is 0 Å². The van der Waals surface area contributed by atoms with Crippen LogP contribution in [0.5, 0.6) is 0 Å². The second kappa shape index (κ2) is 14.9. The van der Waals surface area contributed by atoms with Crippen molar-refractivity contribution < 1.29 is 14.0 Å². The molecule has 4 rings (SSSR count). The molecule has 0 aromatic heterocycles. The van der Waals surface area contributed by atoms with Crippen molar-refractivity contribution >= 4 is 35.9 Å². The number of carbonyl (C=O) groups is 2. The van der Waals surface area contributed by atoms with Gasteiger partial charge in [0, 0.05) is 48.3 Å². The normalized spacial score (nSPS) is 24.5. The minimum absolute atomic E-state index is 0. The van der Waals surface area contributed by atoms with Gasteiger partial charge in [0.2, 0.25) is 5.91 Å². The molecule has 3 unspecified atom stereocenters. The number of nitrogens with zero attached hydrogens (tertiary/aromatic N) is 3. The molecule has 3 aliphatic rings. The molecule has 1 aliphatic carbocycles. The zero-order chi connectivity index (χ0) is 27.2. The molecule has 2 saturated heterocycles. The van der Waals surface area contributed by atoms with Gasteiger partial charge >= 0.3 is 6.03 Å². The fourth-order valence-electron chi connectivity index (χ4n) is 7.00. The lowest BCUT2D eigenvalue weighted by molar-refractivity contribution is -0.139. The summed E-state index contributed by atoms with van der Waals surface area (Å²) < 4.78 is 13.5. The summed E-state index contributed by atoms with van der Waals surface area (Å²) in [5.74, 6) is 0.0606. The number of nitrogens with one attached hydrogen (secondary N) is 1. The summed E-state index contributed by atoms with van der Waals surface area (Å²) in [7, 11) is 0. The number of piperidine rings is 1. The molecule has 2 heterocycles. The Morgan fingerprint density at radius 1 is 1.00 bits per heavy atom. The minimum Gasteiger partial charge on any atom is -0.335 e. The summed E-state index contributed by atoms with van der Waals surface area (Å²) in [5, 5.41) is 3.92. The van der Waals surface area contributed by atoms with Crippen LogP contribution < -0.4 is 5.32 Å². The number of carbonyl (C=O) groups excluding carboxylic acids is 2. The molecule has 3 fully saturated rings. The predicted octanol–water partition coefficient (Wildman–Crippen LogP) is 6.24. The van der Waals surface area contributed by atoms with Crippen molar-refractivity contribution in [1.29, 1.82) is 0 Å². The van der Waals surface area contributed by atoms with Crippen LogP contribution in [0.2, 0.25) is 5.02 Å². The van der Waals surface area contributed by atoms with Gasteiger partial charge in [0.15, 0.2) is 0 Å². The molecule has 1 aromatic carbocycles. The molecular weight excluding hydrogens is 538 g/mol. The number of hydrogen-bond donors (Lipinski definition) is 1. The van der Waals surface area contributed by atoms with E-state index in [4.69, 9.17) is 11.6 Å². The number of benzene rings is 1. The summed E-state index contributed by atoms with van der Waals surface area (Å²) in [6, 6.07) is 7.52. The quantitative estimate of drug-likeness (QED) is 0.354. The highest BCUT2D eigenvalue weighted by Crippen LogP contribution is 2.40. The molecule has 1 saturated carbocycles. The largest absolute Gasteiger partial charge is 0.335 e. The van der Waals surface area contributed by atoms with Crippen LogP contribution in [-0.2, 0) is 11.2 Å². The number of amides is 3. The summed E-state index contributed by atoms with van der Waals surface area (Å²) in [6.45, 7) is 6.80. The van der Waals surface area contributed by atoms with E-state index >= 15 is 0 Å². The van der Waals surface area contributed by atoms with Gasteiger partial charge in [0.05, 0.1) is 6.04 Å². The van der Waals surface area contributed by atoms with Gasteiger partial charge in [0.1, 0.15) is 6.67 Å². The van der Waals surface area contributed by atoms with Gasteiger partial charge in [-0.2, -0.15) is 0 Å². The van der Waals surface area contributed by atoms with E-state index in [1.54, 1.807) is 6.92 Å². The Hall–Kier alpha value is -1.57. The van der Waals surface area contributed by atoms with Gasteiger partial charge in [-0.05, 0) is 83.4 Å². The zero-order valence-corrected chi connectivity index (χ0v) is 25.4. The standard InChI is InChI=1S/C30H46ClFN4O2.ClH/c1-4-34(5-2)30(38)36(24-9-7-6-8-10-24)27-18-25-15-16-26(19-27)35(25)29(37)28(33-21(3)20-32)17-22-11-13-23(31)14-12-22;/h11-14,21,24-28,33H,4-10,15-20H2,1-3H3;1H/t21?,25?,26?,27?,28-;/m1./s1. The van der Waals surface area contributed by atoms with Gasteiger partial charge in [-0.15, -0.1) is 12.4 Å². The molecule has 0 radical (unpaired) electrons. The first-order chi connectivity index (χ1) is 18.4. The van der Waals surface area contributed by atoms with Crippen LogP contribution >= 0.6 is 24.0 Å². The Morgan fingerprint density at radius 3 is 2.13 bits per heavy atom. The van der Waals surface area contributed by atoms with E-state index in [0.717, 1.165) is 44.1 Å². The smallest absolute Gasteiger partial charge is 0.320 e. The predicted molar refractivity (Wildman–Crippen MR) is 158 cm³/mol. The molecule has 0 spiro atoms. The van der Waals surface area contributed by atoms with Crippen LogP contribution in [0.15, 0.2) is 24.3 Å². The monoisotopic (exact) mass is 584 g/mol. The molecule has 4 atom stereocenters. The Balaban J connectivity index is 0.00000420. The molecule has 9 heteroatoms. The van der Waals surface area contributed by atoms with Crippen LogP contribution in [0.1, 0.15) is 84.1 Å².